The Bertz CT molecular complexity index is 398. The number of alkyl halides is 3. The summed E-state index contributed by atoms with van der Waals surface area (Å²) in [7, 11) is 2.25. The molecule has 6 heteroatoms. The summed E-state index contributed by atoms with van der Waals surface area (Å²) in [6, 6.07) is 5.48. The Kier molecular flexibility index (Phi) is 4.72. The second-order valence-electron chi connectivity index (χ2n) is 3.65. The van der Waals surface area contributed by atoms with Gasteiger partial charge in [0.1, 0.15) is 0 Å². The minimum absolute atomic E-state index is 0.00128. The zero-order valence-corrected chi connectivity index (χ0v) is 9.95. The van der Waals surface area contributed by atoms with Gasteiger partial charge < -0.3 is 9.47 Å². The van der Waals surface area contributed by atoms with Crippen molar-refractivity contribution in [1.29, 1.82) is 0 Å². The number of carbonyl (C=O) groups is 1. The van der Waals surface area contributed by atoms with Gasteiger partial charge in [-0.2, -0.15) is 13.2 Å². The summed E-state index contributed by atoms with van der Waals surface area (Å²) in [5.74, 6) is -0.443. The van der Waals surface area contributed by atoms with E-state index >= 15 is 0 Å². The molecule has 100 valence electrons. The summed E-state index contributed by atoms with van der Waals surface area (Å²) in [6.45, 7) is 0. The maximum atomic E-state index is 12.6. The van der Waals surface area contributed by atoms with Gasteiger partial charge in [0, 0.05) is 7.11 Å². The van der Waals surface area contributed by atoms with Crippen molar-refractivity contribution in [2.45, 2.75) is 18.7 Å². The lowest BCUT2D eigenvalue weighted by Gasteiger charge is -2.19. The molecule has 0 aliphatic heterocycles. The van der Waals surface area contributed by atoms with Gasteiger partial charge in [-0.05, 0) is 11.1 Å². The molecule has 3 nitrogen and oxygen atoms in total. The summed E-state index contributed by atoms with van der Waals surface area (Å²) in [6.07, 6.45) is -6.39. The van der Waals surface area contributed by atoms with E-state index in [-0.39, 0.29) is 12.0 Å². The normalized spacial score (nSPS) is 13.2. The molecule has 0 amide bonds. The first-order valence-corrected chi connectivity index (χ1v) is 5.13. The topological polar surface area (TPSA) is 35.5 Å². The Hall–Kier alpha value is -1.56. The third-order valence-corrected chi connectivity index (χ3v) is 2.39. The third kappa shape index (κ3) is 3.73. The van der Waals surface area contributed by atoms with E-state index in [0.29, 0.717) is 5.56 Å². The fourth-order valence-corrected chi connectivity index (χ4v) is 1.51. The van der Waals surface area contributed by atoms with E-state index < -0.39 is 18.2 Å². The molecule has 0 saturated carbocycles. The highest BCUT2D eigenvalue weighted by atomic mass is 19.4. The van der Waals surface area contributed by atoms with Crippen molar-refractivity contribution in [3.8, 4) is 0 Å². The number of benzene rings is 1. The van der Waals surface area contributed by atoms with Crippen LogP contribution in [-0.4, -0.2) is 26.4 Å². The van der Waals surface area contributed by atoms with Crippen molar-refractivity contribution >= 4 is 5.97 Å². The molecule has 1 unspecified atom stereocenters. The molecule has 0 aliphatic carbocycles. The molecule has 0 radical (unpaired) electrons. The van der Waals surface area contributed by atoms with Crippen molar-refractivity contribution in [1.82, 2.24) is 0 Å². The van der Waals surface area contributed by atoms with Crippen LogP contribution in [0.4, 0.5) is 13.2 Å². The lowest BCUT2D eigenvalue weighted by Crippen LogP contribution is -2.22. The summed E-state index contributed by atoms with van der Waals surface area (Å²) < 4.78 is 46.6. The van der Waals surface area contributed by atoms with Crippen molar-refractivity contribution in [3.63, 3.8) is 0 Å². The van der Waals surface area contributed by atoms with Crippen LogP contribution in [0.2, 0.25) is 0 Å². The predicted octanol–water partition coefficient (Wildman–Crippen LogP) is 2.65. The molecule has 0 saturated heterocycles. The minimum Gasteiger partial charge on any atom is -0.469 e. The van der Waals surface area contributed by atoms with Gasteiger partial charge in [0.2, 0.25) is 0 Å². The molecular formula is C12H13F3O3. The second kappa shape index (κ2) is 5.86. The summed E-state index contributed by atoms with van der Waals surface area (Å²) in [4.78, 5) is 11.0. The largest absolute Gasteiger partial charge is 0.469 e. The maximum Gasteiger partial charge on any atom is 0.418 e. The SMILES string of the molecule is COC(=O)Cc1ccc(C(OC)C(F)(F)F)cc1. The summed E-state index contributed by atoms with van der Waals surface area (Å²) in [5, 5.41) is 0. The quantitative estimate of drug-likeness (QED) is 0.782. The molecule has 0 N–H and O–H groups in total. The number of methoxy groups -OCH3 is 2. The molecule has 0 spiro atoms. The van der Waals surface area contributed by atoms with Crippen LogP contribution in [0, 0.1) is 0 Å². The average Bonchev–Trinajstić information content (AvgIpc) is 2.30. The fourth-order valence-electron chi connectivity index (χ4n) is 1.51. The van der Waals surface area contributed by atoms with Crippen LogP contribution < -0.4 is 0 Å². The van der Waals surface area contributed by atoms with Crippen LogP contribution >= 0.6 is 0 Å². The van der Waals surface area contributed by atoms with E-state index in [4.69, 9.17) is 0 Å². The first kappa shape index (κ1) is 14.5. The first-order chi connectivity index (χ1) is 8.38. The Labute approximate surface area is 103 Å². The van der Waals surface area contributed by atoms with Crippen molar-refractivity contribution < 1.29 is 27.4 Å². The predicted molar refractivity (Wildman–Crippen MR) is 58.0 cm³/mol. The van der Waals surface area contributed by atoms with E-state index in [1.54, 1.807) is 0 Å². The molecule has 0 heterocycles. The average molecular weight is 262 g/mol. The van der Waals surface area contributed by atoms with E-state index in [1.165, 1.54) is 31.4 Å². The molecule has 1 aromatic carbocycles. The van der Waals surface area contributed by atoms with Crippen molar-refractivity contribution in [3.05, 3.63) is 35.4 Å². The highest BCUT2D eigenvalue weighted by molar-refractivity contribution is 5.72. The Balaban J connectivity index is 2.84. The van der Waals surface area contributed by atoms with Crippen LogP contribution in [0.3, 0.4) is 0 Å². The Morgan fingerprint density at radius 2 is 1.78 bits per heavy atom. The maximum absolute atomic E-state index is 12.6. The molecule has 1 aromatic rings. The van der Waals surface area contributed by atoms with Gasteiger partial charge in [-0.1, -0.05) is 24.3 Å². The Morgan fingerprint density at radius 1 is 1.22 bits per heavy atom. The first-order valence-electron chi connectivity index (χ1n) is 5.13. The van der Waals surface area contributed by atoms with Gasteiger partial charge >= 0.3 is 12.1 Å². The number of rotatable bonds is 4. The van der Waals surface area contributed by atoms with E-state index in [9.17, 15) is 18.0 Å². The van der Waals surface area contributed by atoms with Gasteiger partial charge in [0.25, 0.3) is 0 Å². The lowest BCUT2D eigenvalue weighted by molar-refractivity contribution is -0.215. The fraction of sp³-hybridized carbons (Fsp3) is 0.417. The molecular weight excluding hydrogens is 249 g/mol. The van der Waals surface area contributed by atoms with Gasteiger partial charge in [-0.3, -0.25) is 4.79 Å². The number of ether oxygens (including phenoxy) is 2. The van der Waals surface area contributed by atoms with Crippen LogP contribution in [0.25, 0.3) is 0 Å². The minimum atomic E-state index is -4.46. The van der Waals surface area contributed by atoms with Crippen LogP contribution in [0.5, 0.6) is 0 Å². The molecule has 1 atom stereocenters. The number of halogens is 3. The number of hydrogen-bond donors (Lipinski definition) is 0. The molecule has 18 heavy (non-hydrogen) atoms. The van der Waals surface area contributed by atoms with E-state index in [2.05, 4.69) is 9.47 Å². The van der Waals surface area contributed by atoms with Gasteiger partial charge in [-0.15, -0.1) is 0 Å². The van der Waals surface area contributed by atoms with Crippen molar-refractivity contribution in [2.24, 2.45) is 0 Å². The highest BCUT2D eigenvalue weighted by Crippen LogP contribution is 2.35. The number of hydrogen-bond acceptors (Lipinski definition) is 3. The zero-order chi connectivity index (χ0) is 13.8. The zero-order valence-electron chi connectivity index (χ0n) is 9.95. The molecule has 1 rings (SSSR count). The van der Waals surface area contributed by atoms with Crippen molar-refractivity contribution in [2.75, 3.05) is 14.2 Å². The molecule has 0 aromatic heterocycles. The summed E-state index contributed by atoms with van der Waals surface area (Å²) in [5.41, 5.74) is 0.584. The highest BCUT2D eigenvalue weighted by Gasteiger charge is 2.41. The second-order valence-corrected chi connectivity index (χ2v) is 3.65. The molecule has 0 fully saturated rings. The van der Waals surface area contributed by atoms with E-state index in [1.807, 2.05) is 0 Å². The number of esters is 1. The third-order valence-electron chi connectivity index (χ3n) is 2.39. The molecule has 0 aliphatic rings. The lowest BCUT2D eigenvalue weighted by atomic mass is 10.0. The molecule has 0 bridgehead atoms. The Morgan fingerprint density at radius 3 is 2.17 bits per heavy atom. The van der Waals surface area contributed by atoms with Crippen LogP contribution in [0.1, 0.15) is 17.2 Å². The van der Waals surface area contributed by atoms with E-state index in [0.717, 1.165) is 7.11 Å². The smallest absolute Gasteiger partial charge is 0.418 e. The van der Waals surface area contributed by atoms with Gasteiger partial charge in [0.05, 0.1) is 13.5 Å². The monoisotopic (exact) mass is 262 g/mol. The van der Waals surface area contributed by atoms with Crippen LogP contribution in [-0.2, 0) is 20.7 Å². The number of carbonyl (C=O) groups excluding carboxylic acids is 1. The van der Waals surface area contributed by atoms with Crippen LogP contribution in [0.15, 0.2) is 24.3 Å². The van der Waals surface area contributed by atoms with Gasteiger partial charge in [0.15, 0.2) is 6.10 Å². The van der Waals surface area contributed by atoms with Gasteiger partial charge in [-0.25, -0.2) is 0 Å². The standard InChI is InChI=1S/C12H13F3O3/c1-17-10(16)7-8-3-5-9(6-4-8)11(18-2)12(13,14)15/h3-6,11H,7H2,1-2H3. The summed E-state index contributed by atoms with van der Waals surface area (Å²) >= 11 is 0.